The van der Waals surface area contributed by atoms with Crippen LogP contribution >= 0.6 is 23.2 Å². The third-order valence-corrected chi connectivity index (χ3v) is 4.53. The lowest BCUT2D eigenvalue weighted by molar-refractivity contribution is -0.132. The molecule has 24 heavy (non-hydrogen) atoms. The first kappa shape index (κ1) is 18.8. The molecule has 130 valence electrons. The lowest BCUT2D eigenvalue weighted by atomic mass is 10.1. The highest BCUT2D eigenvalue weighted by molar-refractivity contribution is 6.42. The zero-order valence-corrected chi connectivity index (χ0v) is 15.8. The van der Waals surface area contributed by atoms with Crippen LogP contribution in [0.2, 0.25) is 10.0 Å². The molecule has 0 fully saturated rings. The Hall–Kier alpha value is -1.52. The summed E-state index contributed by atoms with van der Waals surface area (Å²) in [6.07, 6.45) is 4.23. The number of hydrogen-bond acceptors (Lipinski definition) is 2. The maximum Gasteiger partial charge on any atom is 0.223 e. The van der Waals surface area contributed by atoms with Crippen molar-refractivity contribution in [1.29, 1.82) is 0 Å². The first-order valence-electron chi connectivity index (χ1n) is 8.12. The third kappa shape index (κ3) is 4.99. The molecule has 0 saturated heterocycles. The Bertz CT molecular complexity index is 697. The van der Waals surface area contributed by atoms with Crippen LogP contribution in [0.1, 0.15) is 38.6 Å². The number of nitrogens with zero attached hydrogens (tertiary/aromatic N) is 3. The van der Waals surface area contributed by atoms with Crippen molar-refractivity contribution in [2.45, 2.75) is 40.3 Å². The molecular formula is C18H23Cl2N3O. The topological polar surface area (TPSA) is 38.1 Å². The molecule has 0 N–H and O–H groups in total. The quantitative estimate of drug-likeness (QED) is 0.715. The highest BCUT2D eigenvalue weighted by Crippen LogP contribution is 2.23. The molecule has 1 aromatic heterocycles. The lowest BCUT2D eigenvalue weighted by Gasteiger charge is -2.22. The van der Waals surface area contributed by atoms with Gasteiger partial charge in [-0.05, 0) is 30.5 Å². The van der Waals surface area contributed by atoms with E-state index in [-0.39, 0.29) is 5.91 Å². The van der Waals surface area contributed by atoms with E-state index < -0.39 is 0 Å². The molecule has 0 radical (unpaired) electrons. The zero-order valence-electron chi connectivity index (χ0n) is 14.3. The van der Waals surface area contributed by atoms with E-state index in [9.17, 15) is 4.79 Å². The summed E-state index contributed by atoms with van der Waals surface area (Å²) in [5, 5.41) is 1.08. The molecule has 0 unspecified atom stereocenters. The van der Waals surface area contributed by atoms with Crippen molar-refractivity contribution < 1.29 is 4.79 Å². The summed E-state index contributed by atoms with van der Waals surface area (Å²) in [4.78, 5) is 18.6. The van der Waals surface area contributed by atoms with Gasteiger partial charge in [0.05, 0.1) is 16.6 Å². The van der Waals surface area contributed by atoms with E-state index in [4.69, 9.17) is 23.2 Å². The van der Waals surface area contributed by atoms with Crippen LogP contribution in [0.25, 0.3) is 0 Å². The van der Waals surface area contributed by atoms with Crippen LogP contribution in [0.3, 0.4) is 0 Å². The van der Waals surface area contributed by atoms with E-state index in [1.807, 2.05) is 34.7 Å². The zero-order chi connectivity index (χ0) is 17.7. The van der Waals surface area contributed by atoms with Gasteiger partial charge in [-0.15, -0.1) is 0 Å². The van der Waals surface area contributed by atoms with Crippen LogP contribution in [0.15, 0.2) is 30.6 Å². The second-order valence-corrected chi connectivity index (χ2v) is 7.04. The summed E-state index contributed by atoms with van der Waals surface area (Å²) in [6.45, 7) is 7.92. The molecule has 1 aromatic carbocycles. The lowest BCUT2D eigenvalue weighted by Crippen LogP contribution is -2.32. The van der Waals surface area contributed by atoms with Gasteiger partial charge in [-0.2, -0.15) is 0 Å². The van der Waals surface area contributed by atoms with Gasteiger partial charge < -0.3 is 9.47 Å². The van der Waals surface area contributed by atoms with Crippen molar-refractivity contribution in [2.24, 2.45) is 5.92 Å². The summed E-state index contributed by atoms with van der Waals surface area (Å²) in [6, 6.07) is 5.59. The molecule has 0 atom stereocenters. The van der Waals surface area contributed by atoms with Gasteiger partial charge in [-0.25, -0.2) is 4.98 Å². The maximum absolute atomic E-state index is 12.3. The van der Waals surface area contributed by atoms with E-state index in [2.05, 4.69) is 18.8 Å². The fourth-order valence-corrected chi connectivity index (χ4v) is 2.82. The Balaban J connectivity index is 2.11. The maximum atomic E-state index is 12.3. The first-order chi connectivity index (χ1) is 11.4. The second kappa shape index (κ2) is 8.54. The van der Waals surface area contributed by atoms with Gasteiger partial charge >= 0.3 is 0 Å². The minimum absolute atomic E-state index is 0.164. The minimum Gasteiger partial charge on any atom is -0.335 e. The molecule has 1 heterocycles. The first-order valence-corrected chi connectivity index (χ1v) is 8.88. The molecule has 0 spiro atoms. The van der Waals surface area contributed by atoms with Gasteiger partial charge in [-0.3, -0.25) is 4.79 Å². The highest BCUT2D eigenvalue weighted by atomic mass is 35.5. The molecular weight excluding hydrogens is 345 g/mol. The number of imidazole rings is 1. The largest absolute Gasteiger partial charge is 0.335 e. The normalized spacial score (nSPS) is 11.1. The second-order valence-electron chi connectivity index (χ2n) is 6.23. The van der Waals surface area contributed by atoms with Crippen molar-refractivity contribution in [3.63, 3.8) is 0 Å². The molecule has 0 aliphatic heterocycles. The predicted molar refractivity (Wildman–Crippen MR) is 98.3 cm³/mol. The molecule has 2 rings (SSSR count). The number of halogens is 2. The van der Waals surface area contributed by atoms with Crippen molar-refractivity contribution in [2.75, 3.05) is 6.54 Å². The number of carbonyl (C=O) groups is 1. The highest BCUT2D eigenvalue weighted by Gasteiger charge is 2.16. The van der Waals surface area contributed by atoms with Crippen molar-refractivity contribution in [3.05, 3.63) is 52.0 Å². The van der Waals surface area contributed by atoms with E-state index in [0.29, 0.717) is 42.0 Å². The summed E-state index contributed by atoms with van der Waals surface area (Å²) in [5.41, 5.74) is 1.04. The Kier molecular flexibility index (Phi) is 6.69. The Morgan fingerprint density at radius 2 is 2.04 bits per heavy atom. The van der Waals surface area contributed by atoms with Gasteiger partial charge in [0.1, 0.15) is 5.82 Å². The van der Waals surface area contributed by atoms with Crippen LogP contribution in [0, 0.1) is 5.92 Å². The summed E-state index contributed by atoms with van der Waals surface area (Å²) in [7, 11) is 0. The molecule has 4 nitrogen and oxygen atoms in total. The van der Waals surface area contributed by atoms with E-state index >= 15 is 0 Å². The van der Waals surface area contributed by atoms with Crippen LogP contribution < -0.4 is 0 Å². The van der Waals surface area contributed by atoms with E-state index in [1.165, 1.54) is 0 Å². The van der Waals surface area contributed by atoms with Gasteiger partial charge in [0.2, 0.25) is 5.91 Å². The fraction of sp³-hybridized carbons (Fsp3) is 0.444. The Morgan fingerprint density at radius 3 is 2.67 bits per heavy atom. The third-order valence-electron chi connectivity index (χ3n) is 3.79. The van der Waals surface area contributed by atoms with Crippen LogP contribution in [-0.2, 0) is 17.9 Å². The van der Waals surface area contributed by atoms with E-state index in [1.54, 1.807) is 12.3 Å². The summed E-state index contributed by atoms with van der Waals surface area (Å²) >= 11 is 12.0. The number of amides is 1. The van der Waals surface area contributed by atoms with Crippen molar-refractivity contribution in [3.8, 4) is 0 Å². The van der Waals surface area contributed by atoms with Gasteiger partial charge in [0.25, 0.3) is 0 Å². The SMILES string of the molecule is CCN(Cc1nccn1Cc1ccc(Cl)c(Cl)c1)C(=O)CC(C)C. The average Bonchev–Trinajstić information content (AvgIpc) is 2.94. The molecule has 0 bridgehead atoms. The Labute approximate surface area is 153 Å². The van der Waals surface area contributed by atoms with Crippen molar-refractivity contribution in [1.82, 2.24) is 14.5 Å². The molecule has 0 saturated carbocycles. The van der Waals surface area contributed by atoms with Crippen LogP contribution in [0.4, 0.5) is 0 Å². The molecule has 0 aliphatic rings. The number of rotatable bonds is 7. The Morgan fingerprint density at radius 1 is 1.29 bits per heavy atom. The van der Waals surface area contributed by atoms with Gasteiger partial charge in [0, 0.05) is 31.9 Å². The van der Waals surface area contributed by atoms with Gasteiger partial charge in [0.15, 0.2) is 0 Å². The van der Waals surface area contributed by atoms with Crippen LogP contribution in [-0.4, -0.2) is 26.9 Å². The molecule has 2 aromatic rings. The fourth-order valence-electron chi connectivity index (χ4n) is 2.50. The average molecular weight is 368 g/mol. The van der Waals surface area contributed by atoms with Crippen LogP contribution in [0.5, 0.6) is 0 Å². The number of hydrogen-bond donors (Lipinski definition) is 0. The standard InChI is InChI=1S/C18H23Cl2N3O/c1-4-22(18(24)9-13(2)3)12-17-21-7-8-23(17)11-14-5-6-15(19)16(20)10-14/h5-8,10,13H,4,9,11-12H2,1-3H3. The predicted octanol–water partition coefficient (Wildman–Crippen LogP) is 4.63. The number of carbonyl (C=O) groups excluding carboxylic acids is 1. The smallest absolute Gasteiger partial charge is 0.223 e. The summed E-state index contributed by atoms with van der Waals surface area (Å²) in [5.74, 6) is 1.37. The summed E-state index contributed by atoms with van der Waals surface area (Å²) < 4.78 is 2.03. The number of benzene rings is 1. The molecule has 6 heteroatoms. The number of aromatic nitrogens is 2. The van der Waals surface area contributed by atoms with E-state index in [0.717, 1.165) is 11.4 Å². The molecule has 0 aliphatic carbocycles. The molecule has 1 amide bonds. The monoisotopic (exact) mass is 367 g/mol. The van der Waals surface area contributed by atoms with Crippen molar-refractivity contribution >= 4 is 29.1 Å². The minimum atomic E-state index is 0.164. The van der Waals surface area contributed by atoms with Gasteiger partial charge in [-0.1, -0.05) is 43.1 Å².